The number of hydrogen-bond acceptors (Lipinski definition) is 1. The van der Waals surface area contributed by atoms with E-state index in [4.69, 9.17) is 0 Å². The van der Waals surface area contributed by atoms with Gasteiger partial charge in [0.2, 0.25) is 0 Å². The van der Waals surface area contributed by atoms with Crippen molar-refractivity contribution in [1.29, 1.82) is 0 Å². The summed E-state index contributed by atoms with van der Waals surface area (Å²) in [6.07, 6.45) is 8.41. The molecular weight excluding hydrogens is 206 g/mol. The Labute approximate surface area is 104 Å². The Kier molecular flexibility index (Phi) is 2.14. The van der Waals surface area contributed by atoms with Crippen molar-refractivity contribution in [1.82, 2.24) is 5.32 Å². The normalized spacial score (nSPS) is 39.3. The second-order valence-electron chi connectivity index (χ2n) is 6.18. The molecule has 1 N–H and O–H groups in total. The minimum absolute atomic E-state index is 0.545. The highest BCUT2D eigenvalue weighted by molar-refractivity contribution is 5.41. The maximum Gasteiger partial charge on any atom is 0.0144 e. The molecule has 1 heterocycles. The Morgan fingerprint density at radius 1 is 1.12 bits per heavy atom. The fourth-order valence-corrected chi connectivity index (χ4v) is 4.89. The van der Waals surface area contributed by atoms with Crippen molar-refractivity contribution < 1.29 is 0 Å². The van der Waals surface area contributed by atoms with E-state index < -0.39 is 0 Å². The number of piperidine rings is 1. The number of hydrogen-bond donors (Lipinski definition) is 1. The Morgan fingerprint density at radius 3 is 3.06 bits per heavy atom. The first kappa shape index (κ1) is 10.1. The molecule has 17 heavy (non-hydrogen) atoms. The van der Waals surface area contributed by atoms with Crippen molar-refractivity contribution >= 4 is 0 Å². The third-order valence-corrected chi connectivity index (χ3v) is 5.55. The van der Waals surface area contributed by atoms with E-state index in [2.05, 4.69) is 29.6 Å². The minimum Gasteiger partial charge on any atom is -0.313 e. The summed E-state index contributed by atoms with van der Waals surface area (Å²) < 4.78 is 0. The van der Waals surface area contributed by atoms with Crippen LogP contribution in [0, 0.1) is 5.92 Å². The van der Waals surface area contributed by atoms with Crippen LogP contribution in [0.5, 0.6) is 0 Å². The molecule has 1 aromatic carbocycles. The average Bonchev–Trinajstić information content (AvgIpc) is 2.39. The zero-order valence-electron chi connectivity index (χ0n) is 10.4. The van der Waals surface area contributed by atoms with E-state index in [1.54, 1.807) is 11.1 Å². The molecule has 2 aliphatic carbocycles. The Balaban J connectivity index is 1.90. The van der Waals surface area contributed by atoms with Crippen LogP contribution in [0.4, 0.5) is 0 Å². The van der Waals surface area contributed by atoms with Crippen LogP contribution in [0.25, 0.3) is 0 Å². The molecule has 1 unspecified atom stereocenters. The summed E-state index contributed by atoms with van der Waals surface area (Å²) in [5.41, 5.74) is 3.88. The van der Waals surface area contributed by atoms with Gasteiger partial charge in [-0.1, -0.05) is 37.1 Å². The van der Waals surface area contributed by atoms with Gasteiger partial charge in [0.05, 0.1) is 0 Å². The van der Waals surface area contributed by atoms with Crippen LogP contribution in [-0.2, 0) is 11.8 Å². The molecule has 0 amide bonds. The average molecular weight is 227 g/mol. The summed E-state index contributed by atoms with van der Waals surface area (Å²) in [4.78, 5) is 0. The summed E-state index contributed by atoms with van der Waals surface area (Å²) in [7, 11) is 0. The van der Waals surface area contributed by atoms with Gasteiger partial charge in [0.1, 0.15) is 0 Å². The summed E-state index contributed by atoms with van der Waals surface area (Å²) >= 11 is 0. The summed E-state index contributed by atoms with van der Waals surface area (Å²) in [5, 5.41) is 3.79. The molecule has 0 aromatic heterocycles. The van der Waals surface area contributed by atoms with Gasteiger partial charge >= 0.3 is 0 Å². The smallest absolute Gasteiger partial charge is 0.0144 e. The Morgan fingerprint density at radius 2 is 2.06 bits per heavy atom. The molecule has 0 radical (unpaired) electrons. The zero-order chi connectivity index (χ0) is 11.3. The van der Waals surface area contributed by atoms with E-state index in [-0.39, 0.29) is 0 Å². The van der Waals surface area contributed by atoms with Gasteiger partial charge in [-0.3, -0.25) is 0 Å². The molecule has 1 heteroatoms. The predicted octanol–water partition coefficient (Wildman–Crippen LogP) is 3.03. The molecule has 1 saturated heterocycles. The summed E-state index contributed by atoms with van der Waals surface area (Å²) in [6.45, 7) is 1.23. The number of nitrogens with one attached hydrogen (secondary N) is 1. The molecule has 0 spiro atoms. The quantitative estimate of drug-likeness (QED) is 0.718. The number of fused-ring (bicyclic) bond motifs is 1. The lowest BCUT2D eigenvalue weighted by molar-refractivity contribution is 0.0798. The van der Waals surface area contributed by atoms with Crippen molar-refractivity contribution in [3.8, 4) is 0 Å². The second-order valence-corrected chi connectivity index (χ2v) is 6.18. The van der Waals surface area contributed by atoms with E-state index >= 15 is 0 Å². The van der Waals surface area contributed by atoms with Crippen molar-refractivity contribution in [2.75, 3.05) is 6.54 Å². The van der Waals surface area contributed by atoms with E-state index in [1.807, 2.05) is 0 Å². The van der Waals surface area contributed by atoms with Crippen molar-refractivity contribution in [3.63, 3.8) is 0 Å². The Bertz CT molecular complexity index is 435. The molecule has 1 nitrogen and oxygen atoms in total. The van der Waals surface area contributed by atoms with Gasteiger partial charge in [0, 0.05) is 11.5 Å². The van der Waals surface area contributed by atoms with Gasteiger partial charge in [-0.15, -0.1) is 0 Å². The van der Waals surface area contributed by atoms with Crippen LogP contribution in [0.2, 0.25) is 0 Å². The first-order valence-corrected chi connectivity index (χ1v) is 7.22. The van der Waals surface area contributed by atoms with Crippen LogP contribution < -0.4 is 5.32 Å². The summed E-state index contributed by atoms with van der Waals surface area (Å²) in [5.74, 6) is 0.917. The highest BCUT2D eigenvalue weighted by atomic mass is 15.0. The highest BCUT2D eigenvalue weighted by Gasteiger charge is 2.51. The minimum atomic E-state index is 0.545. The lowest BCUT2D eigenvalue weighted by atomic mass is 9.53. The first-order valence-electron chi connectivity index (χ1n) is 7.22. The van der Waals surface area contributed by atoms with Crippen molar-refractivity contribution in [3.05, 3.63) is 35.4 Å². The van der Waals surface area contributed by atoms with Crippen LogP contribution in [0.3, 0.4) is 0 Å². The van der Waals surface area contributed by atoms with Crippen molar-refractivity contribution in [2.45, 2.75) is 50.0 Å². The topological polar surface area (TPSA) is 12.0 Å². The maximum absolute atomic E-state index is 3.79. The molecule has 3 atom stereocenters. The predicted molar refractivity (Wildman–Crippen MR) is 70.2 cm³/mol. The van der Waals surface area contributed by atoms with Gasteiger partial charge in [0.25, 0.3) is 0 Å². The van der Waals surface area contributed by atoms with Gasteiger partial charge in [-0.2, -0.15) is 0 Å². The molecule has 3 aliphatic rings. The molecule has 1 aromatic rings. The Hall–Kier alpha value is -0.820. The van der Waals surface area contributed by atoms with Gasteiger partial charge in [0.15, 0.2) is 0 Å². The SMILES string of the molecule is c1ccc2c(c1)C[C@H]1NCC[C@@]23CCCCC13. The van der Waals surface area contributed by atoms with Crippen LogP contribution >= 0.6 is 0 Å². The number of benzene rings is 1. The largest absolute Gasteiger partial charge is 0.313 e. The standard InChI is InChI=1S/C16H21N/c1-2-6-13-12(5-1)11-15-14-7-3-4-8-16(13,14)9-10-17-15/h1-2,5-6,14-15,17H,3-4,7-11H2/t14?,15-,16+/m1/s1. The fraction of sp³-hybridized carbons (Fsp3) is 0.625. The zero-order valence-corrected chi connectivity index (χ0v) is 10.4. The van der Waals surface area contributed by atoms with Crippen LogP contribution in [0.15, 0.2) is 24.3 Å². The fourth-order valence-electron chi connectivity index (χ4n) is 4.89. The highest BCUT2D eigenvalue weighted by Crippen LogP contribution is 2.53. The maximum atomic E-state index is 3.79. The first-order chi connectivity index (χ1) is 8.40. The summed E-state index contributed by atoms with van der Waals surface area (Å²) in [6, 6.07) is 10.0. The third kappa shape index (κ3) is 1.29. The van der Waals surface area contributed by atoms with E-state index in [1.165, 1.54) is 45.1 Å². The molecule has 4 rings (SSSR count). The lowest BCUT2D eigenvalue weighted by Gasteiger charge is -2.56. The molecule has 2 fully saturated rings. The molecule has 1 aliphatic heterocycles. The van der Waals surface area contributed by atoms with Crippen LogP contribution in [0.1, 0.15) is 43.2 Å². The van der Waals surface area contributed by atoms with Gasteiger partial charge < -0.3 is 5.32 Å². The monoisotopic (exact) mass is 227 g/mol. The number of rotatable bonds is 0. The van der Waals surface area contributed by atoms with Gasteiger partial charge in [-0.05, 0) is 49.3 Å². The second kappa shape index (κ2) is 3.58. The lowest BCUT2D eigenvalue weighted by Crippen LogP contribution is -2.59. The molecule has 90 valence electrons. The van der Waals surface area contributed by atoms with Gasteiger partial charge in [-0.25, -0.2) is 0 Å². The third-order valence-electron chi connectivity index (χ3n) is 5.55. The van der Waals surface area contributed by atoms with Crippen LogP contribution in [-0.4, -0.2) is 12.6 Å². The molecule has 1 saturated carbocycles. The van der Waals surface area contributed by atoms with E-state index in [0.29, 0.717) is 5.41 Å². The van der Waals surface area contributed by atoms with E-state index in [9.17, 15) is 0 Å². The van der Waals surface area contributed by atoms with Crippen molar-refractivity contribution in [2.24, 2.45) is 5.92 Å². The molecular formula is C16H21N. The molecule has 2 bridgehead atoms. The van der Waals surface area contributed by atoms with E-state index in [0.717, 1.165) is 12.0 Å².